The van der Waals surface area contributed by atoms with Gasteiger partial charge in [0.05, 0.1) is 10.8 Å². The molecule has 0 atom stereocenters. The maximum Gasteiger partial charge on any atom is 0.309 e. The minimum Gasteiger partial charge on any atom is -0.461 e. The van der Waals surface area contributed by atoms with Crippen LogP contribution in [-0.2, 0) is 26.2 Å². The number of ether oxygens (including phenoxy) is 1. The van der Waals surface area contributed by atoms with Gasteiger partial charge in [-0.1, -0.05) is 29.8 Å². The molecule has 5 nitrogen and oxygen atoms in total. The Morgan fingerprint density at radius 2 is 1.79 bits per heavy atom. The van der Waals surface area contributed by atoms with Gasteiger partial charge in [0.25, 0.3) is 0 Å². The van der Waals surface area contributed by atoms with Crippen molar-refractivity contribution < 1.29 is 17.9 Å². The lowest BCUT2D eigenvalue weighted by Gasteiger charge is -2.30. The van der Waals surface area contributed by atoms with Crippen LogP contribution in [-0.4, -0.2) is 31.8 Å². The van der Waals surface area contributed by atoms with Gasteiger partial charge in [-0.3, -0.25) is 4.79 Å². The number of benzene rings is 2. The van der Waals surface area contributed by atoms with Gasteiger partial charge in [0.2, 0.25) is 10.0 Å². The van der Waals surface area contributed by atoms with Gasteiger partial charge in [-0.05, 0) is 53.9 Å². The molecule has 1 aromatic heterocycles. The monoisotopic (exact) mass is 449 g/mol. The third-order valence-electron chi connectivity index (χ3n) is 5.17. The van der Waals surface area contributed by atoms with Crippen molar-refractivity contribution >= 4 is 49.0 Å². The van der Waals surface area contributed by atoms with Crippen LogP contribution in [0.3, 0.4) is 0 Å². The number of sulfonamides is 1. The molecule has 0 radical (unpaired) electrons. The topological polar surface area (TPSA) is 63.7 Å². The van der Waals surface area contributed by atoms with Crippen molar-refractivity contribution in [2.75, 3.05) is 13.1 Å². The SMILES string of the molecule is O=C(OCc1csc2ccccc12)C1CCN(S(=O)(=O)c2ccc(Cl)cc2)CC1. The summed E-state index contributed by atoms with van der Waals surface area (Å²) in [6.07, 6.45) is 0.909. The second-order valence-corrected chi connectivity index (χ2v) is 10.3. The van der Waals surface area contributed by atoms with Crippen molar-refractivity contribution in [1.82, 2.24) is 4.31 Å². The molecule has 3 aromatic rings. The Morgan fingerprint density at radius 3 is 2.52 bits per heavy atom. The first kappa shape index (κ1) is 20.3. The Labute approximate surface area is 178 Å². The van der Waals surface area contributed by atoms with Crippen LogP contribution in [0.15, 0.2) is 58.8 Å². The van der Waals surface area contributed by atoms with E-state index in [0.29, 0.717) is 31.0 Å². The lowest BCUT2D eigenvalue weighted by atomic mass is 9.98. The predicted octanol–water partition coefficient (Wildman–Crippen LogP) is 4.70. The molecule has 0 aliphatic carbocycles. The van der Waals surface area contributed by atoms with E-state index in [4.69, 9.17) is 16.3 Å². The van der Waals surface area contributed by atoms with Gasteiger partial charge in [0.1, 0.15) is 6.61 Å². The highest BCUT2D eigenvalue weighted by molar-refractivity contribution is 7.89. The Balaban J connectivity index is 1.34. The smallest absolute Gasteiger partial charge is 0.309 e. The zero-order valence-corrected chi connectivity index (χ0v) is 18.0. The van der Waals surface area contributed by atoms with Crippen LogP contribution in [0.2, 0.25) is 5.02 Å². The van der Waals surface area contributed by atoms with Gasteiger partial charge in [-0.25, -0.2) is 8.42 Å². The van der Waals surface area contributed by atoms with E-state index in [1.54, 1.807) is 23.5 Å². The predicted molar refractivity (Wildman–Crippen MR) is 115 cm³/mol. The average Bonchev–Trinajstić information content (AvgIpc) is 3.15. The van der Waals surface area contributed by atoms with E-state index in [1.807, 2.05) is 29.6 Å². The molecule has 4 rings (SSSR count). The normalized spacial score (nSPS) is 16.2. The van der Waals surface area contributed by atoms with Crippen LogP contribution in [0.5, 0.6) is 0 Å². The summed E-state index contributed by atoms with van der Waals surface area (Å²) in [5.74, 6) is -0.541. The van der Waals surface area contributed by atoms with E-state index in [1.165, 1.54) is 21.1 Å². The molecule has 2 aromatic carbocycles. The third kappa shape index (κ3) is 4.33. The zero-order valence-electron chi connectivity index (χ0n) is 15.6. The first-order chi connectivity index (χ1) is 13.9. The van der Waals surface area contributed by atoms with Crippen molar-refractivity contribution in [2.24, 2.45) is 5.92 Å². The minimum absolute atomic E-state index is 0.215. The van der Waals surface area contributed by atoms with Crippen LogP contribution in [0.25, 0.3) is 10.1 Å². The number of rotatable bonds is 5. The lowest BCUT2D eigenvalue weighted by molar-refractivity contribution is -0.151. The molecule has 29 heavy (non-hydrogen) atoms. The number of hydrogen-bond acceptors (Lipinski definition) is 5. The molecule has 0 saturated carbocycles. The largest absolute Gasteiger partial charge is 0.461 e. The van der Waals surface area contributed by atoms with Crippen molar-refractivity contribution in [3.05, 3.63) is 64.5 Å². The molecule has 1 aliphatic rings. The summed E-state index contributed by atoms with van der Waals surface area (Å²) in [4.78, 5) is 12.7. The first-order valence-electron chi connectivity index (χ1n) is 9.32. The van der Waals surface area contributed by atoms with Gasteiger partial charge in [-0.2, -0.15) is 4.31 Å². The second-order valence-electron chi connectivity index (χ2n) is 7.00. The number of piperidine rings is 1. The van der Waals surface area contributed by atoms with E-state index in [2.05, 4.69) is 0 Å². The van der Waals surface area contributed by atoms with Crippen LogP contribution < -0.4 is 0 Å². The Bertz CT molecular complexity index is 1120. The molecule has 0 amide bonds. The second kappa shape index (κ2) is 8.44. The molecule has 8 heteroatoms. The summed E-state index contributed by atoms with van der Waals surface area (Å²) in [5, 5.41) is 3.61. The number of carbonyl (C=O) groups excluding carboxylic acids is 1. The fourth-order valence-electron chi connectivity index (χ4n) is 3.50. The van der Waals surface area contributed by atoms with Crippen molar-refractivity contribution in [3.63, 3.8) is 0 Å². The van der Waals surface area contributed by atoms with E-state index in [-0.39, 0.29) is 23.4 Å². The molecular formula is C21H20ClNO4S2. The van der Waals surface area contributed by atoms with Gasteiger partial charge in [0, 0.05) is 28.4 Å². The number of nitrogens with zero attached hydrogens (tertiary/aromatic N) is 1. The number of thiophene rings is 1. The third-order valence-corrected chi connectivity index (χ3v) is 8.35. The highest BCUT2D eigenvalue weighted by Crippen LogP contribution is 2.28. The van der Waals surface area contributed by atoms with Crippen LogP contribution in [0, 0.1) is 5.92 Å². The number of fused-ring (bicyclic) bond motifs is 1. The van der Waals surface area contributed by atoms with Crippen LogP contribution >= 0.6 is 22.9 Å². The Hall–Kier alpha value is -1.93. The Kier molecular flexibility index (Phi) is 5.92. The van der Waals surface area contributed by atoms with Gasteiger partial charge >= 0.3 is 5.97 Å². The van der Waals surface area contributed by atoms with E-state index >= 15 is 0 Å². The molecule has 1 saturated heterocycles. The molecule has 1 fully saturated rings. The van der Waals surface area contributed by atoms with Crippen molar-refractivity contribution in [3.8, 4) is 0 Å². The molecule has 0 spiro atoms. The molecular weight excluding hydrogens is 430 g/mol. The first-order valence-corrected chi connectivity index (χ1v) is 12.0. The van der Waals surface area contributed by atoms with E-state index < -0.39 is 10.0 Å². The highest BCUT2D eigenvalue weighted by atomic mass is 35.5. The quantitative estimate of drug-likeness (QED) is 0.529. The number of halogens is 1. The molecule has 0 N–H and O–H groups in total. The van der Waals surface area contributed by atoms with Gasteiger partial charge < -0.3 is 4.74 Å². The Morgan fingerprint density at radius 1 is 1.10 bits per heavy atom. The van der Waals surface area contributed by atoms with Gasteiger partial charge in [-0.15, -0.1) is 11.3 Å². The number of esters is 1. The summed E-state index contributed by atoms with van der Waals surface area (Å²) in [5.41, 5.74) is 1.00. The fourth-order valence-corrected chi connectivity index (χ4v) is 6.04. The zero-order chi connectivity index (χ0) is 20.4. The van der Waals surface area contributed by atoms with Crippen molar-refractivity contribution in [2.45, 2.75) is 24.3 Å². The van der Waals surface area contributed by atoms with E-state index in [0.717, 1.165) is 10.9 Å². The summed E-state index contributed by atoms with van der Waals surface area (Å²) in [6, 6.07) is 14.2. The molecule has 0 bridgehead atoms. The number of carbonyl (C=O) groups is 1. The van der Waals surface area contributed by atoms with Crippen LogP contribution in [0.1, 0.15) is 18.4 Å². The fraction of sp³-hybridized carbons (Fsp3) is 0.286. The summed E-state index contributed by atoms with van der Waals surface area (Å²) >= 11 is 7.47. The van der Waals surface area contributed by atoms with Crippen LogP contribution in [0.4, 0.5) is 0 Å². The summed E-state index contributed by atoms with van der Waals surface area (Å²) in [6.45, 7) is 0.838. The standard InChI is InChI=1S/C21H20ClNO4S2/c22-17-5-7-18(8-6-17)29(25,26)23-11-9-15(10-12-23)21(24)27-13-16-14-28-20-4-2-1-3-19(16)20/h1-8,14-15H,9-13H2. The minimum atomic E-state index is -3.58. The highest BCUT2D eigenvalue weighted by Gasteiger charge is 2.32. The molecule has 2 heterocycles. The van der Waals surface area contributed by atoms with Crippen molar-refractivity contribution in [1.29, 1.82) is 0 Å². The summed E-state index contributed by atoms with van der Waals surface area (Å²) < 4.78 is 33.6. The molecule has 152 valence electrons. The molecule has 0 unspecified atom stereocenters. The lowest BCUT2D eigenvalue weighted by Crippen LogP contribution is -2.40. The maximum absolute atomic E-state index is 12.7. The van der Waals surface area contributed by atoms with E-state index in [9.17, 15) is 13.2 Å². The summed E-state index contributed by atoms with van der Waals surface area (Å²) in [7, 11) is -3.58. The number of hydrogen-bond donors (Lipinski definition) is 0. The van der Waals surface area contributed by atoms with Gasteiger partial charge in [0.15, 0.2) is 0 Å². The molecule has 1 aliphatic heterocycles. The maximum atomic E-state index is 12.7. The average molecular weight is 450 g/mol.